The molecule has 0 fully saturated rings. The second-order valence-corrected chi connectivity index (χ2v) is 6.30. The number of halogens is 1. The van der Waals surface area contributed by atoms with Gasteiger partial charge in [0.15, 0.2) is 0 Å². The van der Waals surface area contributed by atoms with Crippen LogP contribution in [0.4, 0.5) is 10.1 Å². The van der Waals surface area contributed by atoms with Crippen molar-refractivity contribution in [1.29, 1.82) is 0 Å². The van der Waals surface area contributed by atoms with Gasteiger partial charge in [0.25, 0.3) is 0 Å². The maximum atomic E-state index is 13.4. The molecule has 3 aromatic rings. The summed E-state index contributed by atoms with van der Waals surface area (Å²) in [4.78, 5) is 2.39. The van der Waals surface area contributed by atoms with E-state index in [0.29, 0.717) is 0 Å². The molecule has 0 radical (unpaired) electrons. The van der Waals surface area contributed by atoms with Crippen LogP contribution in [0.3, 0.4) is 0 Å². The summed E-state index contributed by atoms with van der Waals surface area (Å²) in [5.74, 6) is 0.672. The number of rotatable bonds is 3. The van der Waals surface area contributed by atoms with Crippen LogP contribution in [0.25, 0.3) is 0 Å². The normalized spacial score (nSPS) is 16.4. The molecule has 0 spiro atoms. The van der Waals surface area contributed by atoms with Crippen LogP contribution in [-0.2, 0) is 6.42 Å². The lowest BCUT2D eigenvalue weighted by Crippen LogP contribution is -2.36. The van der Waals surface area contributed by atoms with Gasteiger partial charge in [-0.05, 0) is 59.5 Å². The highest BCUT2D eigenvalue weighted by atomic mass is 19.1. The summed E-state index contributed by atoms with van der Waals surface area (Å²) in [7, 11) is 1.69. The molecule has 126 valence electrons. The Balaban J connectivity index is 1.84. The van der Waals surface area contributed by atoms with Crippen LogP contribution >= 0.6 is 0 Å². The molecule has 0 bridgehead atoms. The van der Waals surface area contributed by atoms with Gasteiger partial charge in [-0.2, -0.15) is 0 Å². The molecule has 0 aliphatic carbocycles. The van der Waals surface area contributed by atoms with E-state index < -0.39 is 0 Å². The Hall–Kier alpha value is -2.81. The van der Waals surface area contributed by atoms with Gasteiger partial charge in [-0.3, -0.25) is 0 Å². The van der Waals surface area contributed by atoms with Crippen molar-refractivity contribution in [3.8, 4) is 5.75 Å². The van der Waals surface area contributed by atoms with E-state index in [9.17, 15) is 4.39 Å². The molecule has 4 rings (SSSR count). The summed E-state index contributed by atoms with van der Waals surface area (Å²) in [5.41, 5.74) is 4.82. The number of anilines is 1. The van der Waals surface area contributed by atoms with Gasteiger partial charge in [-0.25, -0.2) is 4.39 Å². The molecule has 0 unspecified atom stereocenters. The van der Waals surface area contributed by atoms with Crippen molar-refractivity contribution >= 4 is 5.69 Å². The number of hydrogen-bond donors (Lipinski definition) is 0. The molecule has 0 aromatic heterocycles. The van der Waals surface area contributed by atoms with Gasteiger partial charge in [0.05, 0.1) is 13.2 Å². The van der Waals surface area contributed by atoms with Gasteiger partial charge in [-0.1, -0.05) is 36.4 Å². The van der Waals surface area contributed by atoms with E-state index in [2.05, 4.69) is 41.3 Å². The Morgan fingerprint density at radius 1 is 0.960 bits per heavy atom. The fourth-order valence-electron chi connectivity index (χ4n) is 3.63. The molecule has 1 heterocycles. The van der Waals surface area contributed by atoms with Crippen LogP contribution < -0.4 is 9.64 Å². The highest BCUT2D eigenvalue weighted by Crippen LogP contribution is 2.39. The van der Waals surface area contributed by atoms with Gasteiger partial charge >= 0.3 is 0 Å². The first-order valence-corrected chi connectivity index (χ1v) is 8.50. The van der Waals surface area contributed by atoms with Crippen LogP contribution in [0.5, 0.6) is 5.75 Å². The van der Waals surface area contributed by atoms with E-state index in [1.165, 1.54) is 28.9 Å². The molecule has 3 aromatic carbocycles. The minimum Gasteiger partial charge on any atom is -0.497 e. The third-order valence-electron chi connectivity index (χ3n) is 4.85. The molecule has 0 saturated carbocycles. The molecular weight excluding hydrogens is 313 g/mol. The molecule has 1 atom stereocenters. The molecule has 1 aliphatic heterocycles. The van der Waals surface area contributed by atoms with Crippen molar-refractivity contribution in [2.24, 2.45) is 0 Å². The average Bonchev–Trinajstić information content (AvgIpc) is 2.68. The monoisotopic (exact) mass is 333 g/mol. The fraction of sp³-hybridized carbons (Fsp3) is 0.182. The molecule has 2 nitrogen and oxygen atoms in total. The molecule has 25 heavy (non-hydrogen) atoms. The Morgan fingerprint density at radius 3 is 2.44 bits per heavy atom. The standard InChI is InChI=1S/C22H20FNO/c1-25-20-11-12-21-17(15-20)13-14-24(19-5-3-2-4-6-19)22(21)16-7-9-18(23)10-8-16/h2-12,15,22H,13-14H2,1H3/t22-/m0/s1. The Kier molecular flexibility index (Phi) is 4.14. The first-order valence-electron chi connectivity index (χ1n) is 8.50. The Bertz CT molecular complexity index is 861. The average molecular weight is 333 g/mol. The van der Waals surface area contributed by atoms with Crippen LogP contribution in [0.1, 0.15) is 22.7 Å². The van der Waals surface area contributed by atoms with E-state index >= 15 is 0 Å². The first kappa shape index (κ1) is 15.7. The fourth-order valence-corrected chi connectivity index (χ4v) is 3.63. The van der Waals surface area contributed by atoms with Gasteiger partial charge in [0, 0.05) is 12.2 Å². The van der Waals surface area contributed by atoms with Crippen LogP contribution in [0.2, 0.25) is 0 Å². The number of methoxy groups -OCH3 is 1. The maximum Gasteiger partial charge on any atom is 0.123 e. The van der Waals surface area contributed by atoms with E-state index in [1.807, 2.05) is 24.3 Å². The lowest BCUT2D eigenvalue weighted by atomic mass is 9.87. The summed E-state index contributed by atoms with van der Waals surface area (Å²) in [5, 5.41) is 0. The van der Waals surface area contributed by atoms with Crippen molar-refractivity contribution in [2.75, 3.05) is 18.6 Å². The highest BCUT2D eigenvalue weighted by Gasteiger charge is 2.29. The Morgan fingerprint density at radius 2 is 1.72 bits per heavy atom. The molecule has 0 N–H and O–H groups in total. The largest absolute Gasteiger partial charge is 0.497 e. The SMILES string of the molecule is COc1ccc2c(c1)CCN(c1ccccc1)[C@H]2c1ccc(F)cc1. The van der Waals surface area contributed by atoms with Crippen molar-refractivity contribution in [3.05, 3.63) is 95.3 Å². The second kappa shape index (κ2) is 6.60. The third kappa shape index (κ3) is 2.98. The summed E-state index contributed by atoms with van der Waals surface area (Å²) >= 11 is 0. The third-order valence-corrected chi connectivity index (χ3v) is 4.85. The van der Waals surface area contributed by atoms with E-state index in [1.54, 1.807) is 7.11 Å². The summed E-state index contributed by atoms with van der Waals surface area (Å²) in [6.07, 6.45) is 0.957. The maximum absolute atomic E-state index is 13.4. The quantitative estimate of drug-likeness (QED) is 0.670. The first-order chi connectivity index (χ1) is 12.3. The number of ether oxygens (including phenoxy) is 1. The molecule has 0 saturated heterocycles. The Labute approximate surface area is 147 Å². The van der Waals surface area contributed by atoms with Gasteiger partial charge in [0.2, 0.25) is 0 Å². The number of hydrogen-bond acceptors (Lipinski definition) is 2. The van der Waals surface area contributed by atoms with Crippen molar-refractivity contribution in [1.82, 2.24) is 0 Å². The summed E-state index contributed by atoms with van der Waals surface area (Å²) < 4.78 is 18.8. The highest BCUT2D eigenvalue weighted by molar-refractivity contribution is 5.56. The van der Waals surface area contributed by atoms with Crippen molar-refractivity contribution in [2.45, 2.75) is 12.5 Å². The van der Waals surface area contributed by atoms with Crippen LogP contribution in [0, 0.1) is 5.82 Å². The minimum atomic E-state index is -0.208. The van der Waals surface area contributed by atoms with Crippen LogP contribution in [0.15, 0.2) is 72.8 Å². The zero-order chi connectivity index (χ0) is 17.2. The van der Waals surface area contributed by atoms with Crippen molar-refractivity contribution < 1.29 is 9.13 Å². The second-order valence-electron chi connectivity index (χ2n) is 6.30. The smallest absolute Gasteiger partial charge is 0.123 e. The van der Waals surface area contributed by atoms with E-state index in [0.717, 1.165) is 24.3 Å². The summed E-state index contributed by atoms with van der Waals surface area (Å²) in [6, 6.07) is 23.6. The molecule has 0 amide bonds. The van der Waals surface area contributed by atoms with Crippen molar-refractivity contribution in [3.63, 3.8) is 0 Å². The predicted molar refractivity (Wildman–Crippen MR) is 98.7 cm³/mol. The zero-order valence-electron chi connectivity index (χ0n) is 14.2. The van der Waals surface area contributed by atoms with E-state index in [4.69, 9.17) is 4.74 Å². The predicted octanol–water partition coefficient (Wildman–Crippen LogP) is 4.99. The van der Waals surface area contributed by atoms with E-state index in [-0.39, 0.29) is 11.9 Å². The minimum absolute atomic E-state index is 0.0673. The number of fused-ring (bicyclic) bond motifs is 1. The van der Waals surface area contributed by atoms with Gasteiger partial charge in [-0.15, -0.1) is 0 Å². The van der Waals surface area contributed by atoms with Crippen LogP contribution in [-0.4, -0.2) is 13.7 Å². The lowest BCUT2D eigenvalue weighted by molar-refractivity contribution is 0.413. The lowest BCUT2D eigenvalue weighted by Gasteiger charge is -2.39. The number of para-hydroxylation sites is 1. The molecular formula is C22H20FNO. The molecule has 1 aliphatic rings. The zero-order valence-corrected chi connectivity index (χ0v) is 14.2. The summed E-state index contributed by atoms with van der Waals surface area (Å²) in [6.45, 7) is 0.909. The molecule has 3 heteroatoms. The number of benzene rings is 3. The van der Waals surface area contributed by atoms with Gasteiger partial charge < -0.3 is 9.64 Å². The van der Waals surface area contributed by atoms with Gasteiger partial charge in [0.1, 0.15) is 11.6 Å². The number of nitrogens with zero attached hydrogens (tertiary/aromatic N) is 1. The topological polar surface area (TPSA) is 12.5 Å².